The summed E-state index contributed by atoms with van der Waals surface area (Å²) in [4.78, 5) is 14.2. The average molecular weight is 259 g/mol. The number of pyridine rings is 1. The third kappa shape index (κ3) is 4.98. The predicted octanol–water partition coefficient (Wildman–Crippen LogP) is 0.761. The quantitative estimate of drug-likeness (QED) is 0.273. The standard InChI is InChI=1S/C8H11ClN6O2/c1-14(2)12-8(13-15(16)17)11-6-3-4-7(9)10-5-6/h3-5H,1-2H3,(H2,11,12,13). The van der Waals surface area contributed by atoms with Crippen molar-refractivity contribution in [2.24, 2.45) is 5.10 Å². The number of nitrogens with zero attached hydrogens (tertiary/aromatic N) is 4. The molecule has 1 heterocycles. The highest BCUT2D eigenvalue weighted by Gasteiger charge is 2.07. The second kappa shape index (κ2) is 5.85. The lowest BCUT2D eigenvalue weighted by Gasteiger charge is -2.10. The van der Waals surface area contributed by atoms with Gasteiger partial charge in [-0.25, -0.2) is 15.1 Å². The van der Waals surface area contributed by atoms with Crippen LogP contribution >= 0.6 is 11.6 Å². The van der Waals surface area contributed by atoms with Gasteiger partial charge in [-0.1, -0.05) is 17.0 Å². The van der Waals surface area contributed by atoms with Gasteiger partial charge in [0.15, 0.2) is 5.03 Å². The number of guanidine groups is 1. The third-order valence-electron chi connectivity index (χ3n) is 1.49. The maximum Gasteiger partial charge on any atom is 0.279 e. The van der Waals surface area contributed by atoms with Gasteiger partial charge < -0.3 is 5.32 Å². The molecule has 0 spiro atoms. The minimum absolute atomic E-state index is 0.0240. The maximum absolute atomic E-state index is 10.4. The van der Waals surface area contributed by atoms with Crippen molar-refractivity contribution in [1.82, 2.24) is 15.4 Å². The van der Waals surface area contributed by atoms with Gasteiger partial charge in [-0.05, 0) is 12.1 Å². The molecule has 1 aromatic heterocycles. The molecule has 92 valence electrons. The van der Waals surface area contributed by atoms with E-state index in [1.54, 1.807) is 26.2 Å². The van der Waals surface area contributed by atoms with Gasteiger partial charge in [0.25, 0.3) is 5.96 Å². The van der Waals surface area contributed by atoms with E-state index in [-0.39, 0.29) is 5.96 Å². The molecule has 0 aliphatic carbocycles. The minimum atomic E-state index is -0.710. The molecule has 0 amide bonds. The number of halogens is 1. The molecule has 2 N–H and O–H groups in total. The van der Waals surface area contributed by atoms with Crippen LogP contribution in [0.5, 0.6) is 0 Å². The number of hydrazine groups is 1. The molecule has 17 heavy (non-hydrogen) atoms. The van der Waals surface area contributed by atoms with Gasteiger partial charge in [-0.3, -0.25) is 5.01 Å². The molecular formula is C8H11ClN6O2. The van der Waals surface area contributed by atoms with Crippen LogP contribution in [0, 0.1) is 10.1 Å². The van der Waals surface area contributed by atoms with Crippen molar-refractivity contribution in [3.05, 3.63) is 33.6 Å². The SMILES string of the molecule is CN(C)N=C(Nc1ccc(Cl)nc1)N[N+](=O)[O-]. The van der Waals surface area contributed by atoms with Crippen molar-refractivity contribution in [2.45, 2.75) is 0 Å². The van der Waals surface area contributed by atoms with E-state index < -0.39 is 5.03 Å². The van der Waals surface area contributed by atoms with E-state index in [4.69, 9.17) is 11.6 Å². The lowest BCUT2D eigenvalue weighted by Crippen LogP contribution is -2.36. The molecule has 0 aromatic carbocycles. The Morgan fingerprint density at radius 1 is 1.59 bits per heavy atom. The molecule has 1 rings (SSSR count). The normalized spacial score (nSPS) is 10.9. The highest BCUT2D eigenvalue weighted by atomic mass is 35.5. The highest BCUT2D eigenvalue weighted by Crippen LogP contribution is 2.09. The molecule has 1 aromatic rings. The number of hydrogen-bond acceptors (Lipinski definition) is 5. The third-order valence-corrected chi connectivity index (χ3v) is 1.71. The fraction of sp³-hybridized carbons (Fsp3) is 0.250. The Morgan fingerprint density at radius 2 is 2.29 bits per heavy atom. The fourth-order valence-corrected chi connectivity index (χ4v) is 1.06. The molecule has 8 nitrogen and oxygen atoms in total. The van der Waals surface area contributed by atoms with E-state index in [9.17, 15) is 10.1 Å². The van der Waals surface area contributed by atoms with Crippen molar-refractivity contribution in [2.75, 3.05) is 19.4 Å². The van der Waals surface area contributed by atoms with Gasteiger partial charge in [0.2, 0.25) is 0 Å². The first-order valence-electron chi connectivity index (χ1n) is 4.53. The molecule has 0 bridgehead atoms. The number of nitro groups is 1. The van der Waals surface area contributed by atoms with Crippen LogP contribution in [-0.2, 0) is 0 Å². The molecule has 0 fully saturated rings. The Morgan fingerprint density at radius 3 is 2.76 bits per heavy atom. The zero-order valence-electron chi connectivity index (χ0n) is 9.22. The van der Waals surface area contributed by atoms with Crippen LogP contribution in [0.2, 0.25) is 5.15 Å². The number of rotatable bonds is 3. The van der Waals surface area contributed by atoms with E-state index >= 15 is 0 Å². The van der Waals surface area contributed by atoms with Crippen LogP contribution in [-0.4, -0.2) is 35.1 Å². The van der Waals surface area contributed by atoms with Crippen LogP contribution in [0.15, 0.2) is 23.4 Å². The Bertz CT molecular complexity index is 419. The first kappa shape index (κ1) is 13.0. The summed E-state index contributed by atoms with van der Waals surface area (Å²) in [5.41, 5.74) is 2.46. The second-order valence-electron chi connectivity index (χ2n) is 3.16. The summed E-state index contributed by atoms with van der Waals surface area (Å²) in [5.74, 6) is -0.0240. The maximum atomic E-state index is 10.4. The number of aromatic nitrogens is 1. The summed E-state index contributed by atoms with van der Waals surface area (Å²) >= 11 is 5.62. The molecular weight excluding hydrogens is 248 g/mol. The predicted molar refractivity (Wildman–Crippen MR) is 64.1 cm³/mol. The van der Waals surface area contributed by atoms with Gasteiger partial charge in [-0.15, -0.1) is 5.10 Å². The van der Waals surface area contributed by atoms with Gasteiger partial charge in [-0.2, -0.15) is 0 Å². The van der Waals surface area contributed by atoms with Crippen molar-refractivity contribution >= 4 is 23.2 Å². The van der Waals surface area contributed by atoms with Crippen molar-refractivity contribution in [3.8, 4) is 0 Å². The molecule has 0 aliphatic rings. The Kier molecular flexibility index (Phi) is 4.46. The monoisotopic (exact) mass is 258 g/mol. The summed E-state index contributed by atoms with van der Waals surface area (Å²) in [5, 5.41) is 18.0. The van der Waals surface area contributed by atoms with Crippen LogP contribution in [0.1, 0.15) is 0 Å². The minimum Gasteiger partial charge on any atom is -0.319 e. The lowest BCUT2D eigenvalue weighted by molar-refractivity contribution is -0.525. The molecule has 0 atom stereocenters. The van der Waals surface area contributed by atoms with E-state index in [0.29, 0.717) is 10.8 Å². The van der Waals surface area contributed by atoms with E-state index in [2.05, 4.69) is 15.4 Å². The second-order valence-corrected chi connectivity index (χ2v) is 3.55. The summed E-state index contributed by atoms with van der Waals surface area (Å²) < 4.78 is 0. The molecule has 0 radical (unpaired) electrons. The van der Waals surface area contributed by atoms with Crippen LogP contribution in [0.25, 0.3) is 0 Å². The Labute approximate surface area is 102 Å². The molecule has 0 saturated carbocycles. The zero-order valence-corrected chi connectivity index (χ0v) is 9.97. The number of hydrazone groups is 1. The van der Waals surface area contributed by atoms with Crippen molar-refractivity contribution < 1.29 is 5.03 Å². The Hall–Kier alpha value is -2.09. The first-order valence-corrected chi connectivity index (χ1v) is 4.90. The smallest absolute Gasteiger partial charge is 0.279 e. The number of hydrogen-bond donors (Lipinski definition) is 2. The van der Waals surface area contributed by atoms with Gasteiger partial charge in [0.1, 0.15) is 5.15 Å². The molecule has 0 saturated heterocycles. The average Bonchev–Trinajstić information content (AvgIpc) is 2.19. The topological polar surface area (TPSA) is 95.7 Å². The van der Waals surface area contributed by atoms with Gasteiger partial charge in [0, 0.05) is 14.1 Å². The molecule has 9 heteroatoms. The van der Waals surface area contributed by atoms with Crippen molar-refractivity contribution in [1.29, 1.82) is 0 Å². The summed E-state index contributed by atoms with van der Waals surface area (Å²) in [6, 6.07) is 3.19. The van der Waals surface area contributed by atoms with Crippen LogP contribution < -0.4 is 10.7 Å². The highest BCUT2D eigenvalue weighted by molar-refractivity contribution is 6.29. The van der Waals surface area contributed by atoms with Crippen LogP contribution in [0.4, 0.5) is 5.69 Å². The van der Waals surface area contributed by atoms with E-state index in [0.717, 1.165) is 0 Å². The molecule has 0 aliphatic heterocycles. The van der Waals surface area contributed by atoms with E-state index in [1.807, 2.05) is 5.43 Å². The van der Waals surface area contributed by atoms with Crippen molar-refractivity contribution in [3.63, 3.8) is 0 Å². The van der Waals surface area contributed by atoms with Gasteiger partial charge >= 0.3 is 0 Å². The number of anilines is 1. The zero-order chi connectivity index (χ0) is 12.8. The molecule has 0 unspecified atom stereocenters. The summed E-state index contributed by atoms with van der Waals surface area (Å²) in [6.07, 6.45) is 1.44. The summed E-state index contributed by atoms with van der Waals surface area (Å²) in [7, 11) is 3.28. The largest absolute Gasteiger partial charge is 0.319 e. The Balaban J connectivity index is 2.79. The number of nitrogens with one attached hydrogen (secondary N) is 2. The fourth-order valence-electron chi connectivity index (χ4n) is 0.948. The summed E-state index contributed by atoms with van der Waals surface area (Å²) in [6.45, 7) is 0. The van der Waals surface area contributed by atoms with Crippen LogP contribution in [0.3, 0.4) is 0 Å². The van der Waals surface area contributed by atoms with E-state index in [1.165, 1.54) is 11.2 Å². The lowest BCUT2D eigenvalue weighted by atomic mass is 10.4. The van der Waals surface area contributed by atoms with Gasteiger partial charge in [0.05, 0.1) is 11.9 Å². The first-order chi connectivity index (χ1) is 7.97.